The summed E-state index contributed by atoms with van der Waals surface area (Å²) in [4.78, 5) is 10.8. The van der Waals surface area contributed by atoms with Crippen LogP contribution < -0.4 is 5.73 Å². The van der Waals surface area contributed by atoms with E-state index in [1.807, 2.05) is 0 Å². The summed E-state index contributed by atoms with van der Waals surface area (Å²) in [5.74, 6) is -0.410. The molecular weight excluding hydrogens is 166 g/mol. The zero-order chi connectivity index (χ0) is 8.20. The molecule has 0 radical (unpaired) electrons. The third kappa shape index (κ3) is 5.88. The molecule has 66 valence electrons. The van der Waals surface area contributed by atoms with E-state index in [2.05, 4.69) is 11.3 Å². The molecule has 11 heavy (non-hydrogen) atoms. The number of hydrogen-bond acceptors (Lipinski definition) is 3. The predicted molar refractivity (Wildman–Crippen MR) is 46.7 cm³/mol. The summed E-state index contributed by atoms with van der Waals surface area (Å²) < 4.78 is 4.67. The Kier molecular flexibility index (Phi) is 6.13. The lowest BCUT2D eigenvalue weighted by Crippen LogP contribution is -2.42. The first-order valence-electron chi connectivity index (χ1n) is 3.05. The fraction of sp³-hybridized carbons (Fsp3) is 0.571. The maximum atomic E-state index is 10.8. The van der Waals surface area contributed by atoms with E-state index in [-0.39, 0.29) is 19.0 Å². The molecule has 0 atom stereocenters. The van der Waals surface area contributed by atoms with Crippen molar-refractivity contribution in [2.45, 2.75) is 19.4 Å². The Labute approximate surface area is 73.0 Å². The van der Waals surface area contributed by atoms with Gasteiger partial charge in [0.2, 0.25) is 0 Å². The van der Waals surface area contributed by atoms with Gasteiger partial charge >= 0.3 is 5.97 Å². The van der Waals surface area contributed by atoms with E-state index >= 15 is 0 Å². The molecule has 0 aromatic heterocycles. The smallest absolute Gasteiger partial charge is 0.325 e. The van der Waals surface area contributed by atoms with Crippen LogP contribution >= 0.6 is 12.4 Å². The number of carbonyl (C=O) groups is 1. The fourth-order valence-electron chi connectivity index (χ4n) is 0.321. The van der Waals surface area contributed by atoms with Crippen molar-refractivity contribution in [1.29, 1.82) is 0 Å². The number of esters is 1. The van der Waals surface area contributed by atoms with Crippen molar-refractivity contribution >= 4 is 18.4 Å². The topological polar surface area (TPSA) is 52.3 Å². The third-order valence-corrected chi connectivity index (χ3v) is 0.858. The van der Waals surface area contributed by atoms with Gasteiger partial charge in [-0.05, 0) is 13.8 Å². The number of rotatable bonds is 3. The SMILES string of the molecule is C=CCOC(=O)C(C)(C)N.Cl. The van der Waals surface area contributed by atoms with Crippen molar-refractivity contribution < 1.29 is 9.53 Å². The molecule has 0 aromatic rings. The Hall–Kier alpha value is -0.540. The minimum Gasteiger partial charge on any atom is -0.460 e. The highest BCUT2D eigenvalue weighted by Crippen LogP contribution is 1.99. The predicted octanol–water partition coefficient (Wildman–Crippen LogP) is 0.875. The van der Waals surface area contributed by atoms with Crippen LogP contribution in [0, 0.1) is 0 Å². The maximum Gasteiger partial charge on any atom is 0.325 e. The van der Waals surface area contributed by atoms with Crippen LogP contribution in [0.5, 0.6) is 0 Å². The van der Waals surface area contributed by atoms with Gasteiger partial charge < -0.3 is 10.5 Å². The van der Waals surface area contributed by atoms with Gasteiger partial charge in [0, 0.05) is 0 Å². The van der Waals surface area contributed by atoms with Gasteiger partial charge in [-0.15, -0.1) is 12.4 Å². The lowest BCUT2D eigenvalue weighted by atomic mass is 10.1. The van der Waals surface area contributed by atoms with Crippen LogP contribution in [0.4, 0.5) is 0 Å². The first kappa shape index (κ1) is 13.1. The van der Waals surface area contributed by atoms with Crippen LogP contribution in [0.15, 0.2) is 12.7 Å². The zero-order valence-corrected chi connectivity index (χ0v) is 7.61. The number of hydrogen-bond donors (Lipinski definition) is 1. The van der Waals surface area contributed by atoms with E-state index < -0.39 is 11.5 Å². The third-order valence-electron chi connectivity index (χ3n) is 0.858. The number of nitrogens with two attached hydrogens (primary N) is 1. The van der Waals surface area contributed by atoms with Crippen molar-refractivity contribution in [2.75, 3.05) is 6.61 Å². The largest absolute Gasteiger partial charge is 0.460 e. The minimum absolute atomic E-state index is 0. The molecule has 2 N–H and O–H groups in total. The summed E-state index contributed by atoms with van der Waals surface area (Å²) in [5, 5.41) is 0. The molecule has 3 nitrogen and oxygen atoms in total. The average Bonchev–Trinajstić information content (AvgIpc) is 1.80. The Balaban J connectivity index is 0. The molecule has 0 amide bonds. The molecule has 0 unspecified atom stereocenters. The first-order chi connectivity index (χ1) is 4.48. The molecule has 0 heterocycles. The molecule has 0 rings (SSSR count). The lowest BCUT2D eigenvalue weighted by molar-refractivity contribution is -0.147. The molecule has 0 aliphatic rings. The van der Waals surface area contributed by atoms with Crippen molar-refractivity contribution in [3.63, 3.8) is 0 Å². The van der Waals surface area contributed by atoms with Crippen LogP contribution in [-0.2, 0) is 9.53 Å². The molecule has 0 aliphatic heterocycles. The molecule has 0 spiro atoms. The van der Waals surface area contributed by atoms with E-state index in [0.29, 0.717) is 0 Å². The highest BCUT2D eigenvalue weighted by Gasteiger charge is 2.22. The van der Waals surface area contributed by atoms with Crippen LogP contribution in [0.25, 0.3) is 0 Å². The summed E-state index contributed by atoms with van der Waals surface area (Å²) >= 11 is 0. The van der Waals surface area contributed by atoms with Gasteiger partial charge in [-0.3, -0.25) is 4.79 Å². The van der Waals surface area contributed by atoms with Gasteiger partial charge in [0.25, 0.3) is 0 Å². The highest BCUT2D eigenvalue weighted by molar-refractivity contribution is 5.85. The standard InChI is InChI=1S/C7H13NO2.ClH/c1-4-5-10-6(9)7(2,3)8;/h4H,1,5,8H2,2-3H3;1H. The molecule has 0 saturated heterocycles. The van der Waals surface area contributed by atoms with Gasteiger partial charge in [-0.25, -0.2) is 0 Å². The molecule has 0 bridgehead atoms. The summed E-state index contributed by atoms with van der Waals surface area (Å²) in [6.45, 7) is 6.81. The Morgan fingerprint density at radius 1 is 1.73 bits per heavy atom. The van der Waals surface area contributed by atoms with Gasteiger partial charge in [0.15, 0.2) is 0 Å². The monoisotopic (exact) mass is 179 g/mol. The van der Waals surface area contributed by atoms with Crippen LogP contribution in [0.2, 0.25) is 0 Å². The second-order valence-electron chi connectivity index (χ2n) is 2.61. The zero-order valence-electron chi connectivity index (χ0n) is 6.79. The highest BCUT2D eigenvalue weighted by atomic mass is 35.5. The molecule has 0 aromatic carbocycles. The number of ether oxygens (including phenoxy) is 1. The van der Waals surface area contributed by atoms with Gasteiger partial charge in [-0.2, -0.15) is 0 Å². The molecule has 0 fully saturated rings. The van der Waals surface area contributed by atoms with Gasteiger partial charge in [-0.1, -0.05) is 12.7 Å². The van der Waals surface area contributed by atoms with E-state index in [4.69, 9.17) is 5.73 Å². The van der Waals surface area contributed by atoms with E-state index in [0.717, 1.165) is 0 Å². The van der Waals surface area contributed by atoms with E-state index in [9.17, 15) is 4.79 Å². The minimum atomic E-state index is -0.900. The average molecular weight is 180 g/mol. The second-order valence-corrected chi connectivity index (χ2v) is 2.61. The van der Waals surface area contributed by atoms with Crippen molar-refractivity contribution in [3.05, 3.63) is 12.7 Å². The summed E-state index contributed by atoms with van der Waals surface area (Å²) in [5.41, 5.74) is 4.51. The van der Waals surface area contributed by atoms with Gasteiger partial charge in [0.05, 0.1) is 0 Å². The van der Waals surface area contributed by atoms with Crippen LogP contribution in [-0.4, -0.2) is 18.1 Å². The molecule has 0 aliphatic carbocycles. The van der Waals surface area contributed by atoms with Crippen molar-refractivity contribution in [2.24, 2.45) is 5.73 Å². The maximum absolute atomic E-state index is 10.8. The number of carbonyl (C=O) groups excluding carboxylic acids is 1. The second kappa shape index (κ2) is 5.16. The van der Waals surface area contributed by atoms with E-state index in [1.54, 1.807) is 13.8 Å². The van der Waals surface area contributed by atoms with Crippen molar-refractivity contribution in [1.82, 2.24) is 0 Å². The number of halogens is 1. The lowest BCUT2D eigenvalue weighted by Gasteiger charge is -2.15. The quantitative estimate of drug-likeness (QED) is 0.517. The Morgan fingerprint density at radius 2 is 2.18 bits per heavy atom. The summed E-state index contributed by atoms with van der Waals surface area (Å²) in [6.07, 6.45) is 1.50. The van der Waals surface area contributed by atoms with Crippen LogP contribution in [0.1, 0.15) is 13.8 Å². The first-order valence-corrected chi connectivity index (χ1v) is 3.05. The summed E-state index contributed by atoms with van der Waals surface area (Å²) in [7, 11) is 0. The van der Waals surface area contributed by atoms with Gasteiger partial charge in [0.1, 0.15) is 12.1 Å². The van der Waals surface area contributed by atoms with Crippen LogP contribution in [0.3, 0.4) is 0 Å². The Morgan fingerprint density at radius 3 is 2.45 bits per heavy atom. The molecular formula is C7H14ClNO2. The van der Waals surface area contributed by atoms with E-state index in [1.165, 1.54) is 6.08 Å². The Bertz CT molecular complexity index is 140. The molecule has 4 heteroatoms. The molecule has 0 saturated carbocycles. The normalized spacial score (nSPS) is 9.73. The summed E-state index contributed by atoms with van der Waals surface area (Å²) in [6, 6.07) is 0. The van der Waals surface area contributed by atoms with Crippen molar-refractivity contribution in [3.8, 4) is 0 Å². The fourth-order valence-corrected chi connectivity index (χ4v) is 0.321.